The van der Waals surface area contributed by atoms with Gasteiger partial charge in [0.1, 0.15) is 17.5 Å². The topological polar surface area (TPSA) is 67.6 Å². The molecule has 0 atom stereocenters. The number of aromatic nitrogens is 4. The summed E-state index contributed by atoms with van der Waals surface area (Å²) in [5.74, 6) is 2.89. The first-order valence-electron chi connectivity index (χ1n) is 5.77. The maximum absolute atomic E-state index is 4.85. The molecule has 0 aromatic carbocycles. The summed E-state index contributed by atoms with van der Waals surface area (Å²) >= 11 is 1.94. The Labute approximate surface area is 107 Å². The van der Waals surface area contributed by atoms with Gasteiger partial charge in [-0.3, -0.25) is 4.98 Å². The standard InChI is InChI=1S/C12H10N4OS/c1-3-17-16-9(1)12-14-10-5-13-8-2-4-18-6-7(8)11(10)15-12/h1,3,5H,2,4,6H2,(H,14,15). The first kappa shape index (κ1) is 10.1. The van der Waals surface area contributed by atoms with E-state index in [1.165, 1.54) is 11.3 Å². The molecule has 4 rings (SSSR count). The fraction of sp³-hybridized carbons (Fsp3) is 0.250. The number of nitrogens with zero attached hydrogens (tertiary/aromatic N) is 3. The minimum Gasteiger partial charge on any atom is -0.364 e. The first-order chi connectivity index (χ1) is 8.92. The molecule has 0 radical (unpaired) electrons. The van der Waals surface area contributed by atoms with Crippen LogP contribution in [-0.4, -0.2) is 25.9 Å². The van der Waals surface area contributed by atoms with Gasteiger partial charge in [-0.05, 0) is 12.2 Å². The lowest BCUT2D eigenvalue weighted by Crippen LogP contribution is -2.05. The summed E-state index contributed by atoms with van der Waals surface area (Å²) in [6.07, 6.45) is 4.42. The maximum Gasteiger partial charge on any atom is 0.160 e. The van der Waals surface area contributed by atoms with Gasteiger partial charge in [0, 0.05) is 23.1 Å². The van der Waals surface area contributed by atoms with Crippen molar-refractivity contribution in [1.82, 2.24) is 20.1 Å². The Kier molecular flexibility index (Phi) is 2.16. The van der Waals surface area contributed by atoms with E-state index in [-0.39, 0.29) is 0 Å². The smallest absolute Gasteiger partial charge is 0.160 e. The van der Waals surface area contributed by atoms with Crippen molar-refractivity contribution < 1.29 is 4.52 Å². The van der Waals surface area contributed by atoms with E-state index in [4.69, 9.17) is 4.52 Å². The number of pyridine rings is 1. The quantitative estimate of drug-likeness (QED) is 0.726. The Bertz CT molecular complexity index is 704. The fourth-order valence-electron chi connectivity index (χ4n) is 2.24. The van der Waals surface area contributed by atoms with Crippen molar-refractivity contribution in [3.63, 3.8) is 0 Å². The van der Waals surface area contributed by atoms with Crippen molar-refractivity contribution in [3.8, 4) is 11.5 Å². The van der Waals surface area contributed by atoms with Crippen molar-refractivity contribution in [2.24, 2.45) is 0 Å². The molecule has 0 fully saturated rings. The predicted octanol–water partition coefficient (Wildman–Crippen LogP) is 2.40. The minimum absolute atomic E-state index is 0.725. The lowest BCUT2D eigenvalue weighted by Gasteiger charge is -2.13. The van der Waals surface area contributed by atoms with Gasteiger partial charge in [0.25, 0.3) is 0 Å². The van der Waals surface area contributed by atoms with Gasteiger partial charge in [-0.15, -0.1) is 0 Å². The average molecular weight is 258 g/mol. The van der Waals surface area contributed by atoms with Crippen LogP contribution in [0.5, 0.6) is 0 Å². The highest BCUT2D eigenvalue weighted by atomic mass is 32.2. The molecule has 0 amide bonds. The van der Waals surface area contributed by atoms with Crippen LogP contribution in [0.3, 0.4) is 0 Å². The fourth-order valence-corrected chi connectivity index (χ4v) is 3.24. The van der Waals surface area contributed by atoms with E-state index in [9.17, 15) is 0 Å². The molecule has 4 heterocycles. The van der Waals surface area contributed by atoms with Gasteiger partial charge >= 0.3 is 0 Å². The highest BCUT2D eigenvalue weighted by Crippen LogP contribution is 2.29. The van der Waals surface area contributed by atoms with E-state index in [1.54, 1.807) is 12.3 Å². The van der Waals surface area contributed by atoms with Crippen molar-refractivity contribution in [1.29, 1.82) is 0 Å². The summed E-state index contributed by atoms with van der Waals surface area (Å²) < 4.78 is 4.85. The van der Waals surface area contributed by atoms with Gasteiger partial charge in [0.15, 0.2) is 5.82 Å². The van der Waals surface area contributed by atoms with Gasteiger partial charge in [-0.25, -0.2) is 4.98 Å². The zero-order chi connectivity index (χ0) is 11.9. The summed E-state index contributed by atoms with van der Waals surface area (Å²) in [5, 5.41) is 3.90. The molecule has 0 saturated carbocycles. The molecule has 0 unspecified atom stereocenters. The Morgan fingerprint density at radius 3 is 3.28 bits per heavy atom. The van der Waals surface area contributed by atoms with E-state index in [0.717, 1.165) is 40.5 Å². The van der Waals surface area contributed by atoms with E-state index in [2.05, 4.69) is 20.1 Å². The number of fused-ring (bicyclic) bond motifs is 3. The molecule has 1 aliphatic rings. The largest absolute Gasteiger partial charge is 0.364 e. The number of H-pyrrole nitrogens is 1. The monoisotopic (exact) mass is 258 g/mol. The maximum atomic E-state index is 4.85. The van der Waals surface area contributed by atoms with Crippen LogP contribution in [-0.2, 0) is 12.2 Å². The average Bonchev–Trinajstić information content (AvgIpc) is 3.07. The van der Waals surface area contributed by atoms with E-state index in [1.807, 2.05) is 18.0 Å². The van der Waals surface area contributed by atoms with E-state index < -0.39 is 0 Å². The number of thioether (sulfide) groups is 1. The highest BCUT2D eigenvalue weighted by Gasteiger charge is 2.17. The molecule has 0 bridgehead atoms. The molecule has 18 heavy (non-hydrogen) atoms. The highest BCUT2D eigenvalue weighted by molar-refractivity contribution is 7.98. The van der Waals surface area contributed by atoms with Crippen molar-refractivity contribution in [3.05, 3.63) is 29.8 Å². The van der Waals surface area contributed by atoms with Gasteiger partial charge < -0.3 is 9.51 Å². The third-order valence-corrected chi connectivity index (χ3v) is 4.12. The third-order valence-electron chi connectivity index (χ3n) is 3.13. The minimum atomic E-state index is 0.725. The number of nitrogens with one attached hydrogen (secondary N) is 1. The Morgan fingerprint density at radius 1 is 1.39 bits per heavy atom. The Morgan fingerprint density at radius 2 is 2.39 bits per heavy atom. The van der Waals surface area contributed by atoms with Crippen LogP contribution in [0, 0.1) is 0 Å². The van der Waals surface area contributed by atoms with Crippen LogP contribution in [0.25, 0.3) is 22.6 Å². The number of rotatable bonds is 1. The first-order valence-corrected chi connectivity index (χ1v) is 6.92. The zero-order valence-corrected chi connectivity index (χ0v) is 10.3. The predicted molar refractivity (Wildman–Crippen MR) is 69.3 cm³/mol. The Balaban J connectivity index is 1.95. The zero-order valence-electron chi connectivity index (χ0n) is 9.51. The molecule has 5 nitrogen and oxygen atoms in total. The lowest BCUT2D eigenvalue weighted by atomic mass is 10.1. The van der Waals surface area contributed by atoms with Crippen molar-refractivity contribution >= 4 is 22.8 Å². The van der Waals surface area contributed by atoms with Gasteiger partial charge in [-0.1, -0.05) is 5.16 Å². The number of aryl methyl sites for hydroxylation is 1. The number of imidazole rings is 1. The summed E-state index contributed by atoms with van der Waals surface area (Å²) in [4.78, 5) is 12.4. The molecule has 1 N–H and O–H groups in total. The Hall–Kier alpha value is -1.82. The van der Waals surface area contributed by atoms with E-state index in [0.29, 0.717) is 0 Å². The van der Waals surface area contributed by atoms with E-state index >= 15 is 0 Å². The van der Waals surface area contributed by atoms with Crippen molar-refractivity contribution in [2.75, 3.05) is 5.75 Å². The van der Waals surface area contributed by atoms with Gasteiger partial charge in [0.05, 0.1) is 11.7 Å². The summed E-state index contributed by atoms with van der Waals surface area (Å²) in [7, 11) is 0. The summed E-state index contributed by atoms with van der Waals surface area (Å²) in [5.41, 5.74) is 5.19. The molecule has 0 saturated heterocycles. The molecule has 1 aliphatic heterocycles. The van der Waals surface area contributed by atoms with Crippen LogP contribution in [0.15, 0.2) is 23.0 Å². The number of hydrogen-bond donors (Lipinski definition) is 1. The molecule has 3 aromatic rings. The van der Waals surface area contributed by atoms with Crippen LogP contribution in [0.4, 0.5) is 0 Å². The normalized spacial score (nSPS) is 14.9. The number of aromatic amines is 1. The number of hydrogen-bond acceptors (Lipinski definition) is 5. The van der Waals surface area contributed by atoms with Crippen LogP contribution in [0.2, 0.25) is 0 Å². The molecular formula is C12H10N4OS. The third kappa shape index (κ3) is 1.45. The summed E-state index contributed by atoms with van der Waals surface area (Å²) in [6, 6.07) is 1.80. The van der Waals surface area contributed by atoms with Crippen LogP contribution in [0.1, 0.15) is 11.3 Å². The summed E-state index contributed by atoms with van der Waals surface area (Å²) in [6.45, 7) is 0. The molecular weight excluding hydrogens is 248 g/mol. The van der Waals surface area contributed by atoms with Crippen LogP contribution >= 0.6 is 11.8 Å². The second kappa shape index (κ2) is 3.84. The van der Waals surface area contributed by atoms with Crippen molar-refractivity contribution in [2.45, 2.75) is 12.2 Å². The molecule has 0 aliphatic carbocycles. The SMILES string of the molecule is c1cc(-c2nc3cnc4c(c3[nH]2)CSCC4)no1. The lowest BCUT2D eigenvalue weighted by molar-refractivity contribution is 0.422. The molecule has 3 aromatic heterocycles. The molecule has 0 spiro atoms. The van der Waals surface area contributed by atoms with Gasteiger partial charge in [-0.2, -0.15) is 11.8 Å². The molecule has 90 valence electrons. The van der Waals surface area contributed by atoms with Crippen LogP contribution < -0.4 is 0 Å². The molecule has 6 heteroatoms. The van der Waals surface area contributed by atoms with Gasteiger partial charge in [0.2, 0.25) is 0 Å². The second-order valence-corrected chi connectivity index (χ2v) is 5.32. The second-order valence-electron chi connectivity index (χ2n) is 4.22.